The minimum absolute atomic E-state index is 0.620. The lowest BCUT2D eigenvalue weighted by Crippen LogP contribution is -2.26. The molecule has 0 N–H and O–H groups in total. The van der Waals surface area contributed by atoms with Crippen LogP contribution >= 0.6 is 0 Å². The van der Waals surface area contributed by atoms with Crippen LogP contribution in [0.4, 0.5) is 34.1 Å². The van der Waals surface area contributed by atoms with E-state index in [1.165, 1.54) is 44.5 Å². The number of nitrogens with zero attached hydrogens (tertiary/aromatic N) is 2. The molecule has 10 aromatic carbocycles. The molecule has 0 fully saturated rings. The van der Waals surface area contributed by atoms with E-state index in [4.69, 9.17) is 8.83 Å². The first kappa shape index (κ1) is 35.9. The van der Waals surface area contributed by atoms with Gasteiger partial charge < -0.3 is 18.6 Å². The molecule has 0 saturated heterocycles. The lowest BCUT2D eigenvalue weighted by atomic mass is 9.70. The number of hydrogen-bond donors (Lipinski definition) is 0. The molecule has 2 aromatic heterocycles. The molecule has 0 radical (unpaired) electrons. The smallest absolute Gasteiger partial charge is 0.159 e. The largest absolute Gasteiger partial charge is 0.454 e. The van der Waals surface area contributed by atoms with E-state index in [0.29, 0.717) is 0 Å². The van der Waals surface area contributed by atoms with Crippen LogP contribution in [0.2, 0.25) is 0 Å². The maximum atomic E-state index is 6.80. The van der Waals surface area contributed by atoms with E-state index in [9.17, 15) is 0 Å². The summed E-state index contributed by atoms with van der Waals surface area (Å²) in [4.78, 5) is 4.78. The normalized spacial score (nSPS) is 13.0. The van der Waals surface area contributed by atoms with Crippen molar-refractivity contribution in [1.29, 1.82) is 0 Å². The number of furan rings is 2. The van der Waals surface area contributed by atoms with Gasteiger partial charge in [-0.1, -0.05) is 164 Å². The molecule has 2 heterocycles. The predicted octanol–water partition coefficient (Wildman–Crippen LogP) is 16.8. The highest BCUT2D eigenvalue weighted by atomic mass is 16.3. The van der Waals surface area contributed by atoms with Crippen LogP contribution in [0.25, 0.3) is 66.1 Å². The van der Waals surface area contributed by atoms with Crippen LogP contribution in [0.5, 0.6) is 0 Å². The quantitative estimate of drug-likeness (QED) is 0.167. The van der Waals surface area contributed by atoms with Gasteiger partial charge >= 0.3 is 0 Å². The van der Waals surface area contributed by atoms with E-state index in [1.807, 2.05) is 12.1 Å². The Bertz CT molecular complexity index is 3820. The molecule has 0 bridgehead atoms. The van der Waals surface area contributed by atoms with Crippen LogP contribution in [0.1, 0.15) is 22.3 Å². The summed E-state index contributed by atoms with van der Waals surface area (Å²) >= 11 is 0. The summed E-state index contributed by atoms with van der Waals surface area (Å²) in [5.74, 6) is 0. The minimum atomic E-state index is -0.620. The van der Waals surface area contributed by atoms with Crippen molar-refractivity contribution in [2.75, 3.05) is 9.80 Å². The van der Waals surface area contributed by atoms with E-state index in [-0.39, 0.29) is 0 Å². The zero-order valence-electron chi connectivity index (χ0n) is 35.2. The van der Waals surface area contributed by atoms with Crippen molar-refractivity contribution in [1.82, 2.24) is 0 Å². The molecular formula is C61H38N2O2. The van der Waals surface area contributed by atoms with Gasteiger partial charge in [0, 0.05) is 44.2 Å². The Labute approximate surface area is 375 Å². The van der Waals surface area contributed by atoms with Crippen molar-refractivity contribution >= 4 is 78.0 Å². The second-order valence-electron chi connectivity index (χ2n) is 17.1. The second-order valence-corrected chi connectivity index (χ2v) is 17.1. The first-order valence-electron chi connectivity index (χ1n) is 22.3. The van der Waals surface area contributed by atoms with Crippen LogP contribution in [-0.2, 0) is 5.41 Å². The Hall–Kier alpha value is -8.60. The summed E-state index contributed by atoms with van der Waals surface area (Å²) in [6.07, 6.45) is 0. The van der Waals surface area contributed by atoms with E-state index >= 15 is 0 Å². The number of anilines is 6. The zero-order valence-corrected chi connectivity index (χ0v) is 35.2. The van der Waals surface area contributed by atoms with Crippen molar-refractivity contribution in [3.05, 3.63) is 253 Å². The van der Waals surface area contributed by atoms with Gasteiger partial charge in [-0.15, -0.1) is 0 Å². The van der Waals surface area contributed by atoms with Crippen LogP contribution in [0, 0.1) is 0 Å². The van der Waals surface area contributed by atoms with Gasteiger partial charge in [-0.05, 0) is 106 Å². The standard InChI is InChI=1S/C61H38N2O2/c1-3-18-39(19-4-1)62(54-32-15-26-46-44-24-9-13-34-56(44)64-59(46)54)41-36-37-48-52(38-41)61(49-28-11-7-22-42(49)43-23-8-12-29-50(43)61)51-30-17-31-53(58(48)51)63(40-20-5-2-6-21-40)55-33-16-27-47-45-25-10-14-35-57(45)65-60(47)55/h1-38H. The maximum absolute atomic E-state index is 6.80. The van der Waals surface area contributed by atoms with Crippen molar-refractivity contribution in [2.24, 2.45) is 0 Å². The van der Waals surface area contributed by atoms with E-state index < -0.39 is 5.41 Å². The molecule has 2 aliphatic rings. The molecule has 65 heavy (non-hydrogen) atoms. The Morgan fingerprint density at radius 1 is 0.292 bits per heavy atom. The zero-order chi connectivity index (χ0) is 42.6. The first-order valence-corrected chi connectivity index (χ1v) is 22.3. The number of para-hydroxylation sites is 6. The van der Waals surface area contributed by atoms with Crippen molar-refractivity contribution in [2.45, 2.75) is 5.41 Å². The average Bonchev–Trinajstić information content (AvgIpc) is 4.11. The highest BCUT2D eigenvalue weighted by Crippen LogP contribution is 2.65. The molecular weight excluding hydrogens is 793 g/mol. The van der Waals surface area contributed by atoms with Crippen LogP contribution in [0.3, 0.4) is 0 Å². The van der Waals surface area contributed by atoms with Crippen LogP contribution in [-0.4, -0.2) is 0 Å². The maximum Gasteiger partial charge on any atom is 0.159 e. The number of fused-ring (bicyclic) bond motifs is 16. The fourth-order valence-electron chi connectivity index (χ4n) is 11.3. The lowest BCUT2D eigenvalue weighted by Gasteiger charge is -2.32. The summed E-state index contributed by atoms with van der Waals surface area (Å²) in [6, 6.07) is 83.2. The average molecular weight is 831 g/mol. The number of rotatable bonds is 6. The van der Waals surface area contributed by atoms with E-state index in [0.717, 1.165) is 78.0 Å². The molecule has 1 spiro atoms. The fraction of sp³-hybridized carbons (Fsp3) is 0.0164. The lowest BCUT2D eigenvalue weighted by molar-refractivity contribution is 0.668. The van der Waals surface area contributed by atoms with Crippen LogP contribution < -0.4 is 9.80 Å². The molecule has 14 rings (SSSR count). The first-order chi connectivity index (χ1) is 32.3. The van der Waals surface area contributed by atoms with E-state index in [2.05, 4.69) is 228 Å². The molecule has 12 aromatic rings. The fourth-order valence-corrected chi connectivity index (χ4v) is 11.3. The third-order valence-electron chi connectivity index (χ3n) is 13.9. The molecule has 304 valence electrons. The number of benzene rings is 10. The van der Waals surface area contributed by atoms with Gasteiger partial charge in [0.05, 0.1) is 22.5 Å². The highest BCUT2D eigenvalue weighted by molar-refractivity contribution is 6.13. The van der Waals surface area contributed by atoms with E-state index in [1.54, 1.807) is 0 Å². The molecule has 0 aliphatic heterocycles. The topological polar surface area (TPSA) is 32.8 Å². The second kappa shape index (κ2) is 13.7. The summed E-state index contributed by atoms with van der Waals surface area (Å²) < 4.78 is 13.6. The molecule has 4 heteroatoms. The summed E-state index contributed by atoms with van der Waals surface area (Å²) in [5, 5.41) is 4.39. The minimum Gasteiger partial charge on any atom is -0.454 e. The monoisotopic (exact) mass is 830 g/mol. The molecule has 2 aliphatic carbocycles. The van der Waals surface area contributed by atoms with Gasteiger partial charge in [0.1, 0.15) is 11.2 Å². The third kappa shape index (κ3) is 4.96. The van der Waals surface area contributed by atoms with Gasteiger partial charge in [-0.3, -0.25) is 0 Å². The van der Waals surface area contributed by atoms with Gasteiger partial charge in [0.25, 0.3) is 0 Å². The number of hydrogen-bond acceptors (Lipinski definition) is 4. The molecule has 0 saturated carbocycles. The van der Waals surface area contributed by atoms with Gasteiger partial charge in [0.2, 0.25) is 0 Å². The summed E-state index contributed by atoms with van der Waals surface area (Å²) in [6.45, 7) is 0. The highest BCUT2D eigenvalue weighted by Gasteiger charge is 2.53. The Morgan fingerprint density at radius 3 is 1.37 bits per heavy atom. The Balaban J connectivity index is 1.08. The molecule has 0 amide bonds. The predicted molar refractivity (Wildman–Crippen MR) is 267 cm³/mol. The molecule has 0 atom stereocenters. The SMILES string of the molecule is c1ccc(N(c2ccc3c(c2)C2(c4ccccc4-c4ccccc42)c2cccc(N(c4ccccc4)c4cccc5c4oc4ccccc45)c2-3)c2cccc3c2oc2ccccc23)cc1. The van der Waals surface area contributed by atoms with Crippen LogP contribution in [0.15, 0.2) is 239 Å². The molecule has 0 unspecified atom stereocenters. The molecule has 4 nitrogen and oxygen atoms in total. The summed E-state index contributed by atoms with van der Waals surface area (Å²) in [5.41, 5.74) is 19.0. The van der Waals surface area contributed by atoms with Crippen molar-refractivity contribution < 1.29 is 8.83 Å². The van der Waals surface area contributed by atoms with Gasteiger partial charge in [0.15, 0.2) is 11.2 Å². The summed E-state index contributed by atoms with van der Waals surface area (Å²) in [7, 11) is 0. The Kier molecular flexibility index (Phi) is 7.57. The Morgan fingerprint density at radius 2 is 0.754 bits per heavy atom. The van der Waals surface area contributed by atoms with Gasteiger partial charge in [-0.25, -0.2) is 0 Å². The van der Waals surface area contributed by atoms with Crippen molar-refractivity contribution in [3.8, 4) is 22.3 Å². The van der Waals surface area contributed by atoms with Crippen molar-refractivity contribution in [3.63, 3.8) is 0 Å². The third-order valence-corrected chi connectivity index (χ3v) is 13.9. The van der Waals surface area contributed by atoms with Gasteiger partial charge in [-0.2, -0.15) is 0 Å².